The van der Waals surface area contributed by atoms with Gasteiger partial charge in [-0.05, 0) is 18.9 Å². The molecular weight excluding hydrogens is 290 g/mol. The van der Waals surface area contributed by atoms with Crippen molar-refractivity contribution < 1.29 is 4.79 Å². The zero-order chi connectivity index (χ0) is 16.1. The molecule has 1 saturated carbocycles. The maximum atomic E-state index is 11.4. The Morgan fingerprint density at radius 3 is 2.48 bits per heavy atom. The molecule has 1 N–H and O–H groups in total. The van der Waals surface area contributed by atoms with Gasteiger partial charge >= 0.3 is 0 Å². The lowest BCUT2D eigenvalue weighted by molar-refractivity contribution is -0.129. The smallest absolute Gasteiger partial charge is 0.227 e. The van der Waals surface area contributed by atoms with Crippen LogP contribution < -0.4 is 10.2 Å². The number of anilines is 2. The quantitative estimate of drug-likeness (QED) is 0.867. The van der Waals surface area contributed by atoms with Gasteiger partial charge in [-0.2, -0.15) is 4.98 Å². The van der Waals surface area contributed by atoms with Crippen molar-refractivity contribution in [2.45, 2.75) is 51.5 Å². The fraction of sp³-hybridized carbons (Fsp3) is 0.706. The average Bonchev–Trinajstić information content (AvgIpc) is 2.84. The van der Waals surface area contributed by atoms with Gasteiger partial charge in [-0.1, -0.05) is 25.7 Å². The highest BCUT2D eigenvalue weighted by molar-refractivity contribution is 5.73. The normalized spacial score (nSPS) is 20.2. The number of piperazine rings is 1. The molecule has 0 bridgehead atoms. The number of hydrogen-bond donors (Lipinski definition) is 1. The molecule has 1 aromatic rings. The van der Waals surface area contributed by atoms with Gasteiger partial charge in [-0.25, -0.2) is 4.98 Å². The molecule has 0 unspecified atom stereocenters. The molecule has 1 aromatic heterocycles. The van der Waals surface area contributed by atoms with Crippen molar-refractivity contribution in [1.82, 2.24) is 14.9 Å². The molecule has 2 fully saturated rings. The lowest BCUT2D eigenvalue weighted by atomic mass is 10.1. The van der Waals surface area contributed by atoms with Crippen LogP contribution in [0.4, 0.5) is 11.8 Å². The van der Waals surface area contributed by atoms with E-state index >= 15 is 0 Å². The van der Waals surface area contributed by atoms with Gasteiger partial charge in [0.05, 0.1) is 0 Å². The molecule has 0 aromatic carbocycles. The molecule has 0 radical (unpaired) electrons. The molecule has 0 spiro atoms. The molecule has 2 aliphatic rings. The van der Waals surface area contributed by atoms with Crippen molar-refractivity contribution in [3.05, 3.63) is 12.3 Å². The first-order valence-electron chi connectivity index (χ1n) is 8.82. The van der Waals surface area contributed by atoms with Gasteiger partial charge in [0.2, 0.25) is 11.9 Å². The van der Waals surface area contributed by atoms with Gasteiger partial charge in [-0.3, -0.25) is 4.79 Å². The molecular formula is C17H27N5O. The van der Waals surface area contributed by atoms with E-state index in [1.54, 1.807) is 6.92 Å². The SMILES string of the molecule is CC(=O)N1CCN(c2nccc(NC3CCCCCC3)n2)CC1. The zero-order valence-electron chi connectivity index (χ0n) is 14.0. The fourth-order valence-electron chi connectivity index (χ4n) is 3.44. The van der Waals surface area contributed by atoms with Crippen LogP contribution in [0.5, 0.6) is 0 Å². The third-order valence-electron chi connectivity index (χ3n) is 4.86. The van der Waals surface area contributed by atoms with E-state index in [1.807, 2.05) is 17.2 Å². The molecule has 1 amide bonds. The molecule has 1 aliphatic carbocycles. The van der Waals surface area contributed by atoms with E-state index in [4.69, 9.17) is 4.98 Å². The van der Waals surface area contributed by atoms with Gasteiger partial charge < -0.3 is 15.1 Å². The minimum absolute atomic E-state index is 0.148. The highest BCUT2D eigenvalue weighted by atomic mass is 16.2. The van der Waals surface area contributed by atoms with Crippen LogP contribution in [0.15, 0.2) is 12.3 Å². The number of carbonyl (C=O) groups is 1. The molecule has 1 aliphatic heterocycles. The van der Waals surface area contributed by atoms with E-state index < -0.39 is 0 Å². The molecule has 6 heteroatoms. The van der Waals surface area contributed by atoms with Crippen LogP contribution in [0.3, 0.4) is 0 Å². The third kappa shape index (κ3) is 4.33. The average molecular weight is 317 g/mol. The topological polar surface area (TPSA) is 61.4 Å². The van der Waals surface area contributed by atoms with Gasteiger partial charge in [0.25, 0.3) is 0 Å². The van der Waals surface area contributed by atoms with E-state index in [-0.39, 0.29) is 5.91 Å². The minimum Gasteiger partial charge on any atom is -0.367 e. The second-order valence-corrected chi connectivity index (χ2v) is 6.57. The number of hydrogen-bond acceptors (Lipinski definition) is 5. The summed E-state index contributed by atoms with van der Waals surface area (Å²) >= 11 is 0. The number of nitrogens with one attached hydrogen (secondary N) is 1. The second kappa shape index (κ2) is 7.62. The first kappa shape index (κ1) is 16.0. The Balaban J connectivity index is 1.60. The van der Waals surface area contributed by atoms with Crippen LogP contribution >= 0.6 is 0 Å². The summed E-state index contributed by atoms with van der Waals surface area (Å²) < 4.78 is 0. The lowest BCUT2D eigenvalue weighted by Gasteiger charge is -2.34. The molecule has 6 nitrogen and oxygen atoms in total. The number of nitrogens with zero attached hydrogens (tertiary/aromatic N) is 4. The van der Waals surface area contributed by atoms with Gasteiger partial charge in [-0.15, -0.1) is 0 Å². The van der Waals surface area contributed by atoms with Crippen LogP contribution in [0.25, 0.3) is 0 Å². The Morgan fingerprint density at radius 1 is 1.13 bits per heavy atom. The summed E-state index contributed by atoms with van der Waals surface area (Å²) in [5.41, 5.74) is 0. The van der Waals surface area contributed by atoms with Crippen molar-refractivity contribution in [2.24, 2.45) is 0 Å². The summed E-state index contributed by atoms with van der Waals surface area (Å²) in [6.45, 7) is 4.72. The van der Waals surface area contributed by atoms with Crippen LogP contribution in [0.2, 0.25) is 0 Å². The predicted molar refractivity (Wildman–Crippen MR) is 91.6 cm³/mol. The Morgan fingerprint density at radius 2 is 1.83 bits per heavy atom. The van der Waals surface area contributed by atoms with E-state index in [9.17, 15) is 4.79 Å². The maximum Gasteiger partial charge on any atom is 0.227 e. The Labute approximate surface area is 138 Å². The number of rotatable bonds is 3. The minimum atomic E-state index is 0.148. The van der Waals surface area contributed by atoms with Crippen LogP contribution in [0.1, 0.15) is 45.4 Å². The molecule has 126 valence electrons. The van der Waals surface area contributed by atoms with Crippen molar-refractivity contribution in [2.75, 3.05) is 36.4 Å². The summed E-state index contributed by atoms with van der Waals surface area (Å²) in [5.74, 6) is 1.84. The Hall–Kier alpha value is -1.85. The fourth-order valence-corrected chi connectivity index (χ4v) is 3.44. The second-order valence-electron chi connectivity index (χ2n) is 6.57. The van der Waals surface area contributed by atoms with Gasteiger partial charge in [0.1, 0.15) is 5.82 Å². The molecule has 23 heavy (non-hydrogen) atoms. The summed E-state index contributed by atoms with van der Waals surface area (Å²) in [7, 11) is 0. The van der Waals surface area contributed by atoms with Crippen molar-refractivity contribution >= 4 is 17.7 Å². The standard InChI is InChI=1S/C17H27N5O/c1-14(23)21-10-12-22(13-11-21)17-18-9-8-16(20-17)19-15-6-4-2-3-5-7-15/h8-9,15H,2-7,10-13H2,1H3,(H,18,19,20). The maximum absolute atomic E-state index is 11.4. The first-order chi connectivity index (χ1) is 11.2. The summed E-state index contributed by atoms with van der Waals surface area (Å²) in [5, 5.41) is 3.59. The zero-order valence-corrected chi connectivity index (χ0v) is 14.0. The summed E-state index contributed by atoms with van der Waals surface area (Å²) in [4.78, 5) is 24.6. The first-order valence-corrected chi connectivity index (χ1v) is 8.82. The van der Waals surface area contributed by atoms with Crippen LogP contribution in [-0.2, 0) is 4.79 Å². The highest BCUT2D eigenvalue weighted by Gasteiger charge is 2.21. The van der Waals surface area contributed by atoms with Crippen molar-refractivity contribution in [3.8, 4) is 0 Å². The number of carbonyl (C=O) groups excluding carboxylic acids is 1. The Kier molecular flexibility index (Phi) is 5.31. The van der Waals surface area contributed by atoms with E-state index in [2.05, 4.69) is 15.2 Å². The van der Waals surface area contributed by atoms with Crippen LogP contribution in [0, 0.1) is 0 Å². The van der Waals surface area contributed by atoms with Crippen molar-refractivity contribution in [3.63, 3.8) is 0 Å². The van der Waals surface area contributed by atoms with E-state index in [1.165, 1.54) is 38.5 Å². The van der Waals surface area contributed by atoms with Gasteiger partial charge in [0.15, 0.2) is 0 Å². The molecule has 3 rings (SSSR count). The number of aromatic nitrogens is 2. The van der Waals surface area contributed by atoms with E-state index in [0.29, 0.717) is 6.04 Å². The Bertz CT molecular complexity index is 519. The van der Waals surface area contributed by atoms with E-state index in [0.717, 1.165) is 37.9 Å². The highest BCUT2D eigenvalue weighted by Crippen LogP contribution is 2.21. The predicted octanol–water partition coefficient (Wildman–Crippen LogP) is 2.28. The molecule has 1 saturated heterocycles. The van der Waals surface area contributed by atoms with Gasteiger partial charge in [0, 0.05) is 45.3 Å². The monoisotopic (exact) mass is 317 g/mol. The molecule has 0 atom stereocenters. The largest absolute Gasteiger partial charge is 0.367 e. The molecule has 2 heterocycles. The summed E-state index contributed by atoms with van der Waals surface area (Å²) in [6.07, 6.45) is 9.62. The lowest BCUT2D eigenvalue weighted by Crippen LogP contribution is -2.48. The number of amides is 1. The third-order valence-corrected chi connectivity index (χ3v) is 4.86. The summed E-state index contributed by atoms with van der Waals surface area (Å²) in [6, 6.07) is 2.50. The van der Waals surface area contributed by atoms with Crippen LogP contribution in [-0.4, -0.2) is 53.0 Å². The van der Waals surface area contributed by atoms with Crippen molar-refractivity contribution in [1.29, 1.82) is 0 Å².